The minimum atomic E-state index is -3.44. The van der Waals surface area contributed by atoms with Crippen LogP contribution in [0.4, 0.5) is 0 Å². The van der Waals surface area contributed by atoms with Crippen LogP contribution in [0.1, 0.15) is 25.3 Å². The van der Waals surface area contributed by atoms with Crippen molar-refractivity contribution in [1.29, 1.82) is 0 Å². The standard InChI is InChI=1S/C14H23NO4S/c1-2-4-13-5-7-14(8-6-13)20(17,18)15-9-3-11-19-12-10-16/h5-8,15-16H,2-4,9-12H2,1H3. The Balaban J connectivity index is 2.43. The monoisotopic (exact) mass is 301 g/mol. The van der Waals surface area contributed by atoms with Crippen molar-refractivity contribution >= 4 is 10.0 Å². The van der Waals surface area contributed by atoms with Gasteiger partial charge in [0.25, 0.3) is 0 Å². The first-order chi connectivity index (χ1) is 9.60. The molecule has 1 aromatic carbocycles. The minimum Gasteiger partial charge on any atom is -0.394 e. The number of nitrogens with one attached hydrogen (secondary N) is 1. The van der Waals surface area contributed by atoms with Gasteiger partial charge in [-0.2, -0.15) is 0 Å². The maximum absolute atomic E-state index is 12.0. The van der Waals surface area contributed by atoms with Crippen LogP contribution in [0.3, 0.4) is 0 Å². The summed E-state index contributed by atoms with van der Waals surface area (Å²) in [6.45, 7) is 3.11. The van der Waals surface area contributed by atoms with Crippen LogP contribution < -0.4 is 4.72 Å². The molecule has 0 unspecified atom stereocenters. The maximum Gasteiger partial charge on any atom is 0.240 e. The number of aliphatic hydroxyl groups excluding tert-OH is 1. The van der Waals surface area contributed by atoms with E-state index in [0.717, 1.165) is 18.4 Å². The van der Waals surface area contributed by atoms with Crippen molar-refractivity contribution < 1.29 is 18.3 Å². The molecule has 0 fully saturated rings. The summed E-state index contributed by atoms with van der Waals surface area (Å²) in [6, 6.07) is 6.97. The van der Waals surface area contributed by atoms with Crippen molar-refractivity contribution in [2.45, 2.75) is 31.1 Å². The second-order valence-corrected chi connectivity index (χ2v) is 6.25. The second kappa shape index (κ2) is 9.07. The molecule has 2 N–H and O–H groups in total. The maximum atomic E-state index is 12.0. The van der Waals surface area contributed by atoms with E-state index in [1.54, 1.807) is 12.1 Å². The van der Waals surface area contributed by atoms with Gasteiger partial charge in [-0.1, -0.05) is 25.5 Å². The van der Waals surface area contributed by atoms with Gasteiger partial charge >= 0.3 is 0 Å². The molecule has 0 amide bonds. The molecule has 0 spiro atoms. The van der Waals surface area contributed by atoms with E-state index in [4.69, 9.17) is 9.84 Å². The largest absolute Gasteiger partial charge is 0.394 e. The second-order valence-electron chi connectivity index (χ2n) is 4.48. The molecule has 0 aliphatic rings. The topological polar surface area (TPSA) is 75.6 Å². The zero-order chi connectivity index (χ0) is 14.8. The molecule has 0 aliphatic carbocycles. The van der Waals surface area contributed by atoms with E-state index in [-0.39, 0.29) is 18.1 Å². The Morgan fingerprint density at radius 1 is 1.20 bits per heavy atom. The Labute approximate surface area is 121 Å². The number of hydrogen-bond donors (Lipinski definition) is 2. The predicted molar refractivity (Wildman–Crippen MR) is 78.1 cm³/mol. The zero-order valence-electron chi connectivity index (χ0n) is 11.8. The smallest absolute Gasteiger partial charge is 0.240 e. The van der Waals surface area contributed by atoms with Crippen LogP contribution in [0.2, 0.25) is 0 Å². The fourth-order valence-electron chi connectivity index (χ4n) is 1.75. The summed E-state index contributed by atoms with van der Waals surface area (Å²) in [5.74, 6) is 0. The van der Waals surface area contributed by atoms with Crippen molar-refractivity contribution in [1.82, 2.24) is 4.72 Å². The van der Waals surface area contributed by atoms with Crippen LogP contribution in [0.25, 0.3) is 0 Å². The number of rotatable bonds is 10. The number of aliphatic hydroxyl groups is 1. The van der Waals surface area contributed by atoms with Gasteiger partial charge in [0.2, 0.25) is 10.0 Å². The van der Waals surface area contributed by atoms with Crippen LogP contribution in [0.5, 0.6) is 0 Å². The van der Waals surface area contributed by atoms with Crippen molar-refractivity contribution in [2.75, 3.05) is 26.4 Å². The lowest BCUT2D eigenvalue weighted by atomic mass is 10.1. The van der Waals surface area contributed by atoms with Crippen LogP contribution in [-0.4, -0.2) is 39.9 Å². The normalized spacial score (nSPS) is 11.7. The molecule has 20 heavy (non-hydrogen) atoms. The summed E-state index contributed by atoms with van der Waals surface area (Å²) in [6.07, 6.45) is 2.57. The molecule has 1 aromatic rings. The fourth-order valence-corrected chi connectivity index (χ4v) is 2.83. The van der Waals surface area contributed by atoms with Gasteiger partial charge in [-0.15, -0.1) is 0 Å². The van der Waals surface area contributed by atoms with Gasteiger partial charge in [-0.05, 0) is 30.5 Å². The quantitative estimate of drug-likeness (QED) is 0.639. The van der Waals surface area contributed by atoms with Crippen LogP contribution in [0.15, 0.2) is 29.2 Å². The summed E-state index contributed by atoms with van der Waals surface area (Å²) in [5.41, 5.74) is 1.14. The molecule has 0 saturated heterocycles. The van der Waals surface area contributed by atoms with Gasteiger partial charge in [0, 0.05) is 13.2 Å². The van der Waals surface area contributed by atoms with Gasteiger partial charge in [0.05, 0.1) is 18.1 Å². The van der Waals surface area contributed by atoms with E-state index in [2.05, 4.69) is 11.6 Å². The van der Waals surface area contributed by atoms with E-state index < -0.39 is 10.0 Å². The molecule has 6 heteroatoms. The van der Waals surface area contributed by atoms with Crippen LogP contribution in [-0.2, 0) is 21.2 Å². The predicted octanol–water partition coefficient (Wildman–Crippen LogP) is 1.32. The lowest BCUT2D eigenvalue weighted by Crippen LogP contribution is -2.25. The molecule has 0 atom stereocenters. The average Bonchev–Trinajstić information content (AvgIpc) is 2.44. The average molecular weight is 301 g/mol. The lowest BCUT2D eigenvalue weighted by Gasteiger charge is -2.08. The van der Waals surface area contributed by atoms with Crippen LogP contribution >= 0.6 is 0 Å². The molecular weight excluding hydrogens is 278 g/mol. The first kappa shape index (κ1) is 17.1. The Kier molecular flexibility index (Phi) is 7.76. The number of aryl methyl sites for hydroxylation is 1. The number of sulfonamides is 1. The van der Waals surface area contributed by atoms with Gasteiger partial charge < -0.3 is 9.84 Å². The van der Waals surface area contributed by atoms with Crippen molar-refractivity contribution in [3.8, 4) is 0 Å². The summed E-state index contributed by atoms with van der Waals surface area (Å²) < 4.78 is 31.6. The molecule has 0 heterocycles. The molecule has 114 valence electrons. The molecule has 1 rings (SSSR count). The highest BCUT2D eigenvalue weighted by molar-refractivity contribution is 7.89. The highest BCUT2D eigenvalue weighted by atomic mass is 32.2. The number of benzene rings is 1. The third-order valence-electron chi connectivity index (χ3n) is 2.77. The molecular formula is C14H23NO4S. The molecule has 0 radical (unpaired) electrons. The summed E-state index contributed by atoms with van der Waals surface area (Å²) >= 11 is 0. The first-order valence-corrected chi connectivity index (χ1v) is 8.35. The SMILES string of the molecule is CCCc1ccc(S(=O)(=O)NCCCOCCO)cc1. The Hall–Kier alpha value is -0.950. The first-order valence-electron chi connectivity index (χ1n) is 6.87. The Morgan fingerprint density at radius 2 is 1.90 bits per heavy atom. The molecule has 0 aliphatic heterocycles. The third-order valence-corrected chi connectivity index (χ3v) is 4.24. The lowest BCUT2D eigenvalue weighted by molar-refractivity contribution is 0.0913. The van der Waals surface area contributed by atoms with Gasteiger partial charge in [0.1, 0.15) is 0 Å². The van der Waals surface area contributed by atoms with Crippen molar-refractivity contribution in [2.24, 2.45) is 0 Å². The van der Waals surface area contributed by atoms with Gasteiger partial charge in [-0.3, -0.25) is 0 Å². The molecule has 0 bridgehead atoms. The third kappa shape index (κ3) is 6.00. The number of hydrogen-bond acceptors (Lipinski definition) is 4. The van der Waals surface area contributed by atoms with Gasteiger partial charge in [-0.25, -0.2) is 13.1 Å². The van der Waals surface area contributed by atoms with Crippen LogP contribution in [0, 0.1) is 0 Å². The minimum absolute atomic E-state index is 0.0180. The Bertz CT molecular complexity index is 470. The highest BCUT2D eigenvalue weighted by Gasteiger charge is 2.12. The highest BCUT2D eigenvalue weighted by Crippen LogP contribution is 2.11. The van der Waals surface area contributed by atoms with E-state index in [0.29, 0.717) is 19.6 Å². The zero-order valence-corrected chi connectivity index (χ0v) is 12.7. The van der Waals surface area contributed by atoms with E-state index in [1.807, 2.05) is 12.1 Å². The van der Waals surface area contributed by atoms with E-state index in [1.165, 1.54) is 0 Å². The molecule has 0 saturated carbocycles. The van der Waals surface area contributed by atoms with E-state index in [9.17, 15) is 8.42 Å². The molecule has 0 aromatic heterocycles. The van der Waals surface area contributed by atoms with Gasteiger partial charge in [0.15, 0.2) is 0 Å². The summed E-state index contributed by atoms with van der Waals surface area (Å²) in [5, 5.41) is 8.52. The number of ether oxygens (including phenoxy) is 1. The van der Waals surface area contributed by atoms with E-state index >= 15 is 0 Å². The fraction of sp³-hybridized carbons (Fsp3) is 0.571. The van der Waals surface area contributed by atoms with Crippen molar-refractivity contribution in [3.05, 3.63) is 29.8 Å². The molecule has 5 nitrogen and oxygen atoms in total. The Morgan fingerprint density at radius 3 is 2.50 bits per heavy atom. The summed E-state index contributed by atoms with van der Waals surface area (Å²) in [4.78, 5) is 0.286. The van der Waals surface area contributed by atoms with Crippen molar-refractivity contribution in [3.63, 3.8) is 0 Å². The summed E-state index contributed by atoms with van der Waals surface area (Å²) in [7, 11) is -3.44.